The van der Waals surface area contributed by atoms with Gasteiger partial charge < -0.3 is 4.74 Å². The number of carbonyl (C=O) groups excluding carboxylic acids is 1. The first kappa shape index (κ1) is 15.2. The highest BCUT2D eigenvalue weighted by atomic mass is 32.1. The number of carbonyl (C=O) groups is 1. The average molecular weight is 332 g/mol. The number of benzene rings is 2. The topological polar surface area (TPSA) is 52.1 Å². The maximum Gasteiger partial charge on any atom is 0.352 e. The Morgan fingerprint density at radius 1 is 1.00 bits per heavy atom. The standard InChI is InChI=1S/C16H10F2N2O2S/c17-12-5-1-10(2-6-12)9-22-16(21)15-14(19-20-23-15)11-3-7-13(18)8-4-11/h1-8H,9H2. The van der Waals surface area contributed by atoms with E-state index >= 15 is 0 Å². The zero-order chi connectivity index (χ0) is 16.2. The minimum absolute atomic E-state index is 0.0138. The van der Waals surface area contributed by atoms with Crippen LogP contribution >= 0.6 is 11.5 Å². The molecule has 0 radical (unpaired) electrons. The molecule has 0 aliphatic heterocycles. The van der Waals surface area contributed by atoms with Gasteiger partial charge in [-0.05, 0) is 53.5 Å². The number of esters is 1. The molecule has 3 aromatic rings. The first-order chi connectivity index (χ1) is 11.1. The third kappa shape index (κ3) is 3.57. The van der Waals surface area contributed by atoms with Gasteiger partial charge in [-0.1, -0.05) is 16.6 Å². The van der Waals surface area contributed by atoms with Crippen LogP contribution in [-0.4, -0.2) is 15.6 Å². The Balaban J connectivity index is 1.74. The van der Waals surface area contributed by atoms with Crippen LogP contribution in [0.1, 0.15) is 15.2 Å². The number of hydrogen-bond donors (Lipinski definition) is 0. The molecule has 0 N–H and O–H groups in total. The number of rotatable bonds is 4. The summed E-state index contributed by atoms with van der Waals surface area (Å²) in [5.74, 6) is -1.31. The van der Waals surface area contributed by atoms with Gasteiger partial charge in [-0.25, -0.2) is 13.6 Å². The fraction of sp³-hybridized carbons (Fsp3) is 0.0625. The van der Waals surface area contributed by atoms with Gasteiger partial charge in [0.2, 0.25) is 0 Å². The van der Waals surface area contributed by atoms with Crippen molar-refractivity contribution in [2.45, 2.75) is 6.61 Å². The summed E-state index contributed by atoms with van der Waals surface area (Å²) in [6, 6.07) is 11.3. The summed E-state index contributed by atoms with van der Waals surface area (Å²) in [6.45, 7) is 0.0138. The first-order valence-electron chi connectivity index (χ1n) is 6.63. The van der Waals surface area contributed by atoms with Crippen molar-refractivity contribution in [1.29, 1.82) is 0 Å². The molecule has 1 aromatic heterocycles. The van der Waals surface area contributed by atoms with Gasteiger partial charge in [0.15, 0.2) is 4.88 Å². The molecular formula is C16H10F2N2O2S. The van der Waals surface area contributed by atoms with Crippen LogP contribution in [0.25, 0.3) is 11.3 Å². The van der Waals surface area contributed by atoms with E-state index in [1.165, 1.54) is 48.5 Å². The molecule has 4 nitrogen and oxygen atoms in total. The van der Waals surface area contributed by atoms with Gasteiger partial charge in [0.05, 0.1) is 0 Å². The molecule has 0 spiro atoms. The van der Waals surface area contributed by atoms with Crippen molar-refractivity contribution in [3.05, 3.63) is 70.6 Å². The van der Waals surface area contributed by atoms with Crippen molar-refractivity contribution < 1.29 is 18.3 Å². The fourth-order valence-corrected chi connectivity index (χ4v) is 2.50. The number of halogens is 2. The van der Waals surface area contributed by atoms with E-state index in [1.807, 2.05) is 0 Å². The smallest absolute Gasteiger partial charge is 0.352 e. The summed E-state index contributed by atoms with van der Waals surface area (Å²) in [6.07, 6.45) is 0. The minimum atomic E-state index is -0.580. The lowest BCUT2D eigenvalue weighted by Gasteiger charge is -2.04. The van der Waals surface area contributed by atoms with Gasteiger partial charge >= 0.3 is 5.97 Å². The second-order valence-corrected chi connectivity index (χ2v) is 5.41. The number of aromatic nitrogens is 2. The average Bonchev–Trinajstić information content (AvgIpc) is 3.04. The van der Waals surface area contributed by atoms with Gasteiger partial charge in [-0.15, -0.1) is 5.10 Å². The van der Waals surface area contributed by atoms with E-state index in [9.17, 15) is 13.6 Å². The molecule has 3 rings (SSSR count). The summed E-state index contributed by atoms with van der Waals surface area (Å²) in [5, 5.41) is 3.90. The maximum atomic E-state index is 13.0. The predicted octanol–water partition coefficient (Wildman–Crippen LogP) is 3.84. The molecule has 0 aliphatic carbocycles. The molecule has 116 valence electrons. The molecule has 0 fully saturated rings. The zero-order valence-corrected chi connectivity index (χ0v) is 12.5. The van der Waals surface area contributed by atoms with E-state index in [-0.39, 0.29) is 23.1 Å². The minimum Gasteiger partial charge on any atom is -0.457 e. The van der Waals surface area contributed by atoms with Crippen molar-refractivity contribution in [2.75, 3.05) is 0 Å². The Hall–Kier alpha value is -2.67. The summed E-state index contributed by atoms with van der Waals surface area (Å²) in [7, 11) is 0. The largest absolute Gasteiger partial charge is 0.457 e. The molecule has 0 aliphatic rings. The lowest BCUT2D eigenvalue weighted by molar-refractivity contribution is 0.0479. The Morgan fingerprint density at radius 3 is 2.26 bits per heavy atom. The van der Waals surface area contributed by atoms with E-state index in [2.05, 4.69) is 9.59 Å². The van der Waals surface area contributed by atoms with Gasteiger partial charge in [0.1, 0.15) is 23.9 Å². The molecule has 7 heteroatoms. The lowest BCUT2D eigenvalue weighted by atomic mass is 10.1. The quantitative estimate of drug-likeness (QED) is 0.681. The summed E-state index contributed by atoms with van der Waals surface area (Å²) in [4.78, 5) is 12.4. The molecule has 0 atom stereocenters. The Morgan fingerprint density at radius 2 is 1.61 bits per heavy atom. The normalized spacial score (nSPS) is 10.5. The number of ether oxygens (including phenoxy) is 1. The van der Waals surface area contributed by atoms with Crippen LogP contribution < -0.4 is 0 Å². The molecule has 0 amide bonds. The summed E-state index contributed by atoms with van der Waals surface area (Å²) >= 11 is 0.905. The van der Waals surface area contributed by atoms with E-state index in [0.29, 0.717) is 16.8 Å². The van der Waals surface area contributed by atoms with Gasteiger partial charge in [0, 0.05) is 5.56 Å². The van der Waals surface area contributed by atoms with Crippen LogP contribution in [0.3, 0.4) is 0 Å². The summed E-state index contributed by atoms with van der Waals surface area (Å²) < 4.78 is 34.8. The van der Waals surface area contributed by atoms with Crippen LogP contribution in [-0.2, 0) is 11.3 Å². The van der Waals surface area contributed by atoms with Gasteiger partial charge in [-0.3, -0.25) is 0 Å². The summed E-state index contributed by atoms with van der Waals surface area (Å²) in [5.41, 5.74) is 1.59. The molecule has 1 heterocycles. The van der Waals surface area contributed by atoms with Gasteiger partial charge in [0.25, 0.3) is 0 Å². The van der Waals surface area contributed by atoms with Crippen molar-refractivity contribution in [3.63, 3.8) is 0 Å². The van der Waals surface area contributed by atoms with Crippen LogP contribution in [0.2, 0.25) is 0 Å². The zero-order valence-electron chi connectivity index (χ0n) is 11.7. The van der Waals surface area contributed by atoms with E-state index < -0.39 is 5.97 Å². The highest BCUT2D eigenvalue weighted by Crippen LogP contribution is 2.25. The number of hydrogen-bond acceptors (Lipinski definition) is 5. The lowest BCUT2D eigenvalue weighted by Crippen LogP contribution is -2.05. The predicted molar refractivity (Wildman–Crippen MR) is 80.8 cm³/mol. The van der Waals surface area contributed by atoms with Gasteiger partial charge in [-0.2, -0.15) is 0 Å². The highest BCUT2D eigenvalue weighted by molar-refractivity contribution is 7.08. The Labute approximate surface area is 134 Å². The first-order valence-corrected chi connectivity index (χ1v) is 7.40. The van der Waals surface area contributed by atoms with Crippen LogP contribution in [0.5, 0.6) is 0 Å². The van der Waals surface area contributed by atoms with Crippen LogP contribution in [0.4, 0.5) is 8.78 Å². The third-order valence-electron chi connectivity index (χ3n) is 3.07. The van der Waals surface area contributed by atoms with Crippen molar-refractivity contribution in [2.24, 2.45) is 0 Å². The molecule has 0 saturated heterocycles. The van der Waals surface area contributed by atoms with Crippen LogP contribution in [0.15, 0.2) is 48.5 Å². The highest BCUT2D eigenvalue weighted by Gasteiger charge is 2.19. The molecule has 2 aromatic carbocycles. The Kier molecular flexibility index (Phi) is 4.38. The third-order valence-corrected chi connectivity index (χ3v) is 3.78. The SMILES string of the molecule is O=C(OCc1ccc(F)cc1)c1snnc1-c1ccc(F)cc1. The van der Waals surface area contributed by atoms with E-state index in [4.69, 9.17) is 4.74 Å². The van der Waals surface area contributed by atoms with Crippen molar-refractivity contribution in [1.82, 2.24) is 9.59 Å². The number of nitrogens with zero attached hydrogens (tertiary/aromatic N) is 2. The fourth-order valence-electron chi connectivity index (χ4n) is 1.92. The molecular weight excluding hydrogens is 322 g/mol. The second kappa shape index (κ2) is 6.62. The Bertz CT molecular complexity index is 817. The second-order valence-electron chi connectivity index (χ2n) is 4.66. The van der Waals surface area contributed by atoms with E-state index in [1.54, 1.807) is 0 Å². The monoisotopic (exact) mass is 332 g/mol. The van der Waals surface area contributed by atoms with Crippen molar-refractivity contribution >= 4 is 17.5 Å². The van der Waals surface area contributed by atoms with E-state index in [0.717, 1.165) is 11.5 Å². The molecule has 0 saturated carbocycles. The van der Waals surface area contributed by atoms with Crippen LogP contribution in [0, 0.1) is 11.6 Å². The molecule has 0 bridgehead atoms. The molecule has 23 heavy (non-hydrogen) atoms. The van der Waals surface area contributed by atoms with Crippen molar-refractivity contribution in [3.8, 4) is 11.3 Å². The molecule has 0 unspecified atom stereocenters. The maximum absolute atomic E-state index is 13.0.